The zero-order chi connectivity index (χ0) is 13.4. The van der Waals surface area contributed by atoms with Crippen molar-refractivity contribution >= 4 is 22.5 Å². The topological polar surface area (TPSA) is 43.6 Å². The number of aryl methyl sites for hydroxylation is 2. The first-order valence-electron chi connectivity index (χ1n) is 6.04. The molecule has 2 heterocycles. The Morgan fingerprint density at radius 2 is 1.95 bits per heavy atom. The second-order valence-corrected chi connectivity index (χ2v) is 4.67. The van der Waals surface area contributed by atoms with E-state index in [4.69, 9.17) is 11.6 Å². The molecule has 2 aromatic heterocycles. The average molecular weight is 273 g/mol. The van der Waals surface area contributed by atoms with Crippen LogP contribution in [-0.2, 0) is 5.88 Å². The van der Waals surface area contributed by atoms with Crippen LogP contribution in [0.1, 0.15) is 17.3 Å². The maximum absolute atomic E-state index is 5.92. The van der Waals surface area contributed by atoms with Crippen LogP contribution < -0.4 is 0 Å². The van der Waals surface area contributed by atoms with Gasteiger partial charge in [-0.1, -0.05) is 18.2 Å². The molecule has 0 atom stereocenters. The van der Waals surface area contributed by atoms with Gasteiger partial charge < -0.3 is 0 Å². The van der Waals surface area contributed by atoms with Crippen LogP contribution in [-0.4, -0.2) is 19.7 Å². The van der Waals surface area contributed by atoms with E-state index in [1.165, 1.54) is 0 Å². The van der Waals surface area contributed by atoms with Crippen LogP contribution in [0.25, 0.3) is 16.6 Å². The molecule has 1 aromatic carbocycles. The molecule has 0 aliphatic rings. The highest BCUT2D eigenvalue weighted by Crippen LogP contribution is 2.23. The van der Waals surface area contributed by atoms with Crippen LogP contribution in [0.5, 0.6) is 0 Å². The lowest BCUT2D eigenvalue weighted by Crippen LogP contribution is -2.02. The van der Waals surface area contributed by atoms with Gasteiger partial charge in [-0.2, -0.15) is 5.10 Å². The highest BCUT2D eigenvalue weighted by Gasteiger charge is 2.11. The predicted octanol–water partition coefficient (Wildman–Crippen LogP) is 3.17. The minimum atomic E-state index is 0.380. The third-order valence-electron chi connectivity index (χ3n) is 2.99. The fourth-order valence-electron chi connectivity index (χ4n) is 2.20. The van der Waals surface area contributed by atoms with Crippen molar-refractivity contribution in [1.29, 1.82) is 0 Å². The van der Waals surface area contributed by atoms with Gasteiger partial charge in [-0.05, 0) is 26.0 Å². The zero-order valence-electron chi connectivity index (χ0n) is 10.8. The highest BCUT2D eigenvalue weighted by molar-refractivity contribution is 6.17. The standard InChI is InChI=1S/C14H13ClN4/c1-9-16-10(2)19(18-9)14-7-11(8-15)17-13-6-4-3-5-12(13)14/h3-7H,8H2,1-2H3. The van der Waals surface area contributed by atoms with Crippen molar-refractivity contribution in [1.82, 2.24) is 19.7 Å². The number of fused-ring (bicyclic) bond motifs is 1. The van der Waals surface area contributed by atoms with Crippen molar-refractivity contribution in [2.75, 3.05) is 0 Å². The molecule has 5 heteroatoms. The monoisotopic (exact) mass is 272 g/mol. The van der Waals surface area contributed by atoms with Crippen molar-refractivity contribution in [3.8, 4) is 5.69 Å². The molecule has 0 saturated carbocycles. The normalized spacial score (nSPS) is 11.1. The zero-order valence-corrected chi connectivity index (χ0v) is 11.5. The Hall–Kier alpha value is -1.94. The van der Waals surface area contributed by atoms with Crippen LogP contribution in [0.2, 0.25) is 0 Å². The van der Waals surface area contributed by atoms with Crippen LogP contribution in [0.3, 0.4) is 0 Å². The van der Waals surface area contributed by atoms with E-state index in [9.17, 15) is 0 Å². The number of pyridine rings is 1. The van der Waals surface area contributed by atoms with E-state index in [0.717, 1.165) is 33.9 Å². The number of hydrogen-bond acceptors (Lipinski definition) is 3. The van der Waals surface area contributed by atoms with Gasteiger partial charge in [0.1, 0.15) is 11.6 Å². The van der Waals surface area contributed by atoms with E-state index in [-0.39, 0.29) is 0 Å². The number of benzene rings is 1. The summed E-state index contributed by atoms with van der Waals surface area (Å²) in [5, 5.41) is 5.49. The number of halogens is 1. The second-order valence-electron chi connectivity index (χ2n) is 4.40. The Balaban J connectivity index is 2.35. The summed E-state index contributed by atoms with van der Waals surface area (Å²) in [5.74, 6) is 1.99. The molecule has 0 N–H and O–H groups in total. The lowest BCUT2D eigenvalue weighted by molar-refractivity contribution is 0.834. The number of hydrogen-bond donors (Lipinski definition) is 0. The molecule has 3 aromatic rings. The molecular weight excluding hydrogens is 260 g/mol. The number of alkyl halides is 1. The molecule has 0 spiro atoms. The van der Waals surface area contributed by atoms with Gasteiger partial charge in [0.05, 0.1) is 22.8 Å². The lowest BCUT2D eigenvalue weighted by atomic mass is 10.1. The van der Waals surface area contributed by atoms with Gasteiger partial charge in [-0.25, -0.2) is 9.67 Å². The molecule has 96 valence electrons. The van der Waals surface area contributed by atoms with Crippen LogP contribution in [0.15, 0.2) is 30.3 Å². The molecule has 0 aliphatic carbocycles. The van der Waals surface area contributed by atoms with Gasteiger partial charge in [0.25, 0.3) is 0 Å². The SMILES string of the molecule is Cc1nc(C)n(-c2cc(CCl)nc3ccccc23)n1. The van der Waals surface area contributed by atoms with Gasteiger partial charge in [0, 0.05) is 5.39 Å². The summed E-state index contributed by atoms with van der Waals surface area (Å²) in [6.07, 6.45) is 0. The number of nitrogens with zero attached hydrogens (tertiary/aromatic N) is 4. The molecular formula is C14H13ClN4. The summed E-state index contributed by atoms with van der Waals surface area (Å²) in [4.78, 5) is 8.87. The van der Waals surface area contributed by atoms with Gasteiger partial charge >= 0.3 is 0 Å². The van der Waals surface area contributed by atoms with E-state index in [1.807, 2.05) is 48.9 Å². The third kappa shape index (κ3) is 2.08. The summed E-state index contributed by atoms with van der Waals surface area (Å²) in [6, 6.07) is 9.94. The Morgan fingerprint density at radius 3 is 2.63 bits per heavy atom. The Labute approximate surface area is 116 Å². The fourth-order valence-corrected chi connectivity index (χ4v) is 2.34. The summed E-state index contributed by atoms with van der Waals surface area (Å²) >= 11 is 5.92. The Morgan fingerprint density at radius 1 is 1.16 bits per heavy atom. The molecule has 0 bridgehead atoms. The number of para-hydroxylation sites is 1. The molecule has 0 radical (unpaired) electrons. The van der Waals surface area contributed by atoms with E-state index in [0.29, 0.717) is 5.88 Å². The summed E-state index contributed by atoms with van der Waals surface area (Å²) in [5.41, 5.74) is 2.73. The first kappa shape index (κ1) is 12.1. The average Bonchev–Trinajstić information content (AvgIpc) is 2.76. The lowest BCUT2D eigenvalue weighted by Gasteiger charge is -2.09. The van der Waals surface area contributed by atoms with E-state index in [2.05, 4.69) is 15.1 Å². The maximum atomic E-state index is 5.92. The minimum absolute atomic E-state index is 0.380. The van der Waals surface area contributed by atoms with Crippen molar-refractivity contribution in [3.05, 3.63) is 47.7 Å². The quantitative estimate of drug-likeness (QED) is 0.673. The van der Waals surface area contributed by atoms with Gasteiger partial charge in [-0.15, -0.1) is 11.6 Å². The molecule has 4 nitrogen and oxygen atoms in total. The largest absolute Gasteiger partial charge is 0.251 e. The van der Waals surface area contributed by atoms with E-state index < -0.39 is 0 Å². The summed E-state index contributed by atoms with van der Waals surface area (Å²) in [6.45, 7) is 3.82. The molecule has 19 heavy (non-hydrogen) atoms. The molecule has 0 aliphatic heterocycles. The van der Waals surface area contributed by atoms with Crippen molar-refractivity contribution in [2.24, 2.45) is 0 Å². The number of aromatic nitrogens is 4. The van der Waals surface area contributed by atoms with Gasteiger partial charge in [-0.3, -0.25) is 4.98 Å². The summed E-state index contributed by atoms with van der Waals surface area (Å²) in [7, 11) is 0. The molecule has 0 saturated heterocycles. The molecule has 0 amide bonds. The minimum Gasteiger partial charge on any atom is -0.251 e. The van der Waals surface area contributed by atoms with Crippen LogP contribution in [0.4, 0.5) is 0 Å². The Kier molecular flexibility index (Phi) is 2.95. The predicted molar refractivity (Wildman–Crippen MR) is 75.7 cm³/mol. The second kappa shape index (κ2) is 4.63. The first-order chi connectivity index (χ1) is 9.19. The van der Waals surface area contributed by atoms with Crippen LogP contribution >= 0.6 is 11.6 Å². The molecule has 0 unspecified atom stereocenters. The van der Waals surface area contributed by atoms with Crippen LogP contribution in [0, 0.1) is 13.8 Å². The summed E-state index contributed by atoms with van der Waals surface area (Å²) < 4.78 is 1.84. The smallest absolute Gasteiger partial charge is 0.148 e. The number of rotatable bonds is 2. The van der Waals surface area contributed by atoms with E-state index >= 15 is 0 Å². The van der Waals surface area contributed by atoms with Crippen molar-refractivity contribution in [3.63, 3.8) is 0 Å². The van der Waals surface area contributed by atoms with Gasteiger partial charge in [0.2, 0.25) is 0 Å². The maximum Gasteiger partial charge on any atom is 0.148 e. The molecule has 0 fully saturated rings. The van der Waals surface area contributed by atoms with Crippen molar-refractivity contribution < 1.29 is 0 Å². The highest BCUT2D eigenvalue weighted by atomic mass is 35.5. The Bertz CT molecular complexity index is 748. The van der Waals surface area contributed by atoms with Crippen molar-refractivity contribution in [2.45, 2.75) is 19.7 Å². The first-order valence-corrected chi connectivity index (χ1v) is 6.58. The van der Waals surface area contributed by atoms with Gasteiger partial charge in [0.15, 0.2) is 0 Å². The fraction of sp³-hybridized carbons (Fsp3) is 0.214. The molecule has 3 rings (SSSR count). The van der Waals surface area contributed by atoms with E-state index in [1.54, 1.807) is 0 Å². The third-order valence-corrected chi connectivity index (χ3v) is 3.26.